The van der Waals surface area contributed by atoms with Gasteiger partial charge in [0.15, 0.2) is 0 Å². The van der Waals surface area contributed by atoms with Crippen molar-refractivity contribution < 1.29 is 23.9 Å². The van der Waals surface area contributed by atoms with Crippen molar-refractivity contribution in [3.8, 4) is 0 Å². The van der Waals surface area contributed by atoms with Gasteiger partial charge in [-0.15, -0.1) is 0 Å². The summed E-state index contributed by atoms with van der Waals surface area (Å²) in [5, 5.41) is 2.74. The summed E-state index contributed by atoms with van der Waals surface area (Å²) in [4.78, 5) is 37.8. The predicted molar refractivity (Wildman–Crippen MR) is 78.4 cm³/mol. The van der Waals surface area contributed by atoms with Crippen LogP contribution in [0.4, 0.5) is 4.79 Å². The second-order valence-corrected chi connectivity index (χ2v) is 7.40. The molecule has 3 amide bonds. The number of hydrogen-bond donors (Lipinski definition) is 1. The van der Waals surface area contributed by atoms with Crippen LogP contribution in [0, 0.1) is 11.8 Å². The van der Waals surface area contributed by atoms with Gasteiger partial charge in [-0.05, 0) is 44.9 Å². The maximum atomic E-state index is 12.5. The van der Waals surface area contributed by atoms with Gasteiger partial charge in [-0.1, -0.05) is 0 Å². The number of imide groups is 1. The van der Waals surface area contributed by atoms with Crippen LogP contribution in [0.15, 0.2) is 0 Å². The quantitative estimate of drug-likeness (QED) is 0.598. The highest BCUT2D eigenvalue weighted by molar-refractivity contribution is 6.08. The van der Waals surface area contributed by atoms with Gasteiger partial charge in [-0.2, -0.15) is 0 Å². The lowest BCUT2D eigenvalue weighted by Crippen LogP contribution is -2.46. The lowest BCUT2D eigenvalue weighted by atomic mass is 9.96. The largest absolute Gasteiger partial charge is 0.457 e. The van der Waals surface area contributed by atoms with E-state index in [1.165, 1.54) is 0 Å². The van der Waals surface area contributed by atoms with E-state index < -0.39 is 23.1 Å². The molecule has 2 saturated heterocycles. The molecular weight excluding hydrogens is 300 g/mol. The molecule has 2 aliphatic heterocycles. The zero-order valence-corrected chi connectivity index (χ0v) is 13.3. The first-order valence-electron chi connectivity index (χ1n) is 8.38. The van der Waals surface area contributed by atoms with Crippen LogP contribution in [0.25, 0.3) is 0 Å². The van der Waals surface area contributed by atoms with Gasteiger partial charge in [0.25, 0.3) is 5.91 Å². The van der Waals surface area contributed by atoms with Crippen molar-refractivity contribution in [1.82, 2.24) is 10.2 Å². The highest BCUT2D eigenvalue weighted by atomic mass is 16.6. The summed E-state index contributed by atoms with van der Waals surface area (Å²) in [7, 11) is 0. The zero-order chi connectivity index (χ0) is 16.2. The van der Waals surface area contributed by atoms with Crippen LogP contribution in [-0.2, 0) is 19.1 Å². The number of nitrogens with zero attached hydrogens (tertiary/aromatic N) is 1. The molecule has 23 heavy (non-hydrogen) atoms. The molecule has 2 saturated carbocycles. The van der Waals surface area contributed by atoms with Crippen molar-refractivity contribution in [2.45, 2.75) is 50.2 Å². The fourth-order valence-electron chi connectivity index (χ4n) is 3.85. The molecule has 2 heterocycles. The van der Waals surface area contributed by atoms with Crippen molar-refractivity contribution in [1.29, 1.82) is 0 Å². The molecule has 2 aliphatic carbocycles. The van der Waals surface area contributed by atoms with Gasteiger partial charge in [-0.25, -0.2) is 4.79 Å². The molecule has 4 rings (SSSR count). The molecule has 4 fully saturated rings. The highest BCUT2D eigenvalue weighted by Gasteiger charge is 2.57. The highest BCUT2D eigenvalue weighted by Crippen LogP contribution is 2.49. The van der Waals surface area contributed by atoms with E-state index >= 15 is 0 Å². The van der Waals surface area contributed by atoms with Crippen molar-refractivity contribution in [3.63, 3.8) is 0 Å². The number of rotatable bonds is 5. The van der Waals surface area contributed by atoms with E-state index in [9.17, 15) is 14.4 Å². The van der Waals surface area contributed by atoms with Gasteiger partial charge in [0, 0.05) is 12.5 Å². The van der Waals surface area contributed by atoms with E-state index in [4.69, 9.17) is 9.47 Å². The third kappa shape index (κ3) is 2.41. The summed E-state index contributed by atoms with van der Waals surface area (Å²) in [6, 6.07) is -0.490. The van der Waals surface area contributed by atoms with Crippen LogP contribution >= 0.6 is 0 Å². The normalized spacial score (nSPS) is 35.3. The number of amides is 3. The smallest absolute Gasteiger partial charge is 0.326 e. The zero-order valence-electron chi connectivity index (χ0n) is 13.3. The third-order valence-electron chi connectivity index (χ3n) is 5.72. The Morgan fingerprint density at radius 3 is 2.61 bits per heavy atom. The van der Waals surface area contributed by atoms with Crippen molar-refractivity contribution >= 4 is 17.9 Å². The number of carbonyl (C=O) groups is 3. The van der Waals surface area contributed by atoms with Crippen molar-refractivity contribution in [3.05, 3.63) is 0 Å². The minimum atomic E-state index is -0.853. The van der Waals surface area contributed by atoms with Gasteiger partial charge in [0.05, 0.1) is 6.61 Å². The number of hydrogen-bond acceptors (Lipinski definition) is 5. The molecule has 0 aromatic rings. The van der Waals surface area contributed by atoms with Crippen molar-refractivity contribution in [2.24, 2.45) is 11.8 Å². The first kappa shape index (κ1) is 14.9. The molecule has 2 atom stereocenters. The fourth-order valence-corrected chi connectivity index (χ4v) is 3.85. The number of nitrogens with one attached hydrogen (secondary N) is 1. The van der Waals surface area contributed by atoms with Crippen LogP contribution < -0.4 is 5.32 Å². The number of ether oxygens (including phenoxy) is 2. The summed E-state index contributed by atoms with van der Waals surface area (Å²) in [5.74, 6) is -0.384. The molecule has 0 unspecified atom stereocenters. The Morgan fingerprint density at radius 1 is 1.30 bits per heavy atom. The second kappa shape index (κ2) is 4.93. The Morgan fingerprint density at radius 2 is 2.04 bits per heavy atom. The van der Waals surface area contributed by atoms with E-state index in [1.807, 2.05) is 0 Å². The molecule has 126 valence electrons. The first-order chi connectivity index (χ1) is 10.9. The Bertz CT molecular complexity index is 563. The predicted octanol–water partition coefficient (Wildman–Crippen LogP) is 0.819. The summed E-state index contributed by atoms with van der Waals surface area (Å²) in [5.41, 5.74) is -1.28. The summed E-state index contributed by atoms with van der Waals surface area (Å²) in [6.45, 7) is 2.77. The topological polar surface area (TPSA) is 84.9 Å². The minimum Gasteiger partial charge on any atom is -0.457 e. The summed E-state index contributed by atoms with van der Waals surface area (Å²) >= 11 is 0. The maximum Gasteiger partial charge on any atom is 0.326 e. The van der Waals surface area contributed by atoms with Gasteiger partial charge in [0.1, 0.15) is 17.7 Å². The maximum absolute atomic E-state index is 12.5. The van der Waals surface area contributed by atoms with Crippen LogP contribution in [0.1, 0.15) is 39.0 Å². The Balaban J connectivity index is 1.39. The third-order valence-corrected chi connectivity index (χ3v) is 5.72. The molecule has 0 bridgehead atoms. The standard InChI is InChI=1S/C16H22N2O5/c1-15(10-2-3-10)13(20)18(14(21)17-15)8-12(19)23-16(5-6-16)11-4-7-22-9-11/h10-11H,2-9H2,1H3,(H,17,21)/t11-,15+/m0/s1. The molecular formula is C16H22N2O5. The summed E-state index contributed by atoms with van der Waals surface area (Å²) in [6.07, 6.45) is 4.45. The Hall–Kier alpha value is -1.63. The van der Waals surface area contributed by atoms with Gasteiger partial charge in [0.2, 0.25) is 0 Å². The SMILES string of the molecule is C[C@]1(C2CC2)NC(=O)N(CC(=O)OC2([C@H]3CCOC3)CC2)C1=O. The Kier molecular flexibility index (Phi) is 3.20. The molecule has 4 aliphatic rings. The second-order valence-electron chi connectivity index (χ2n) is 7.40. The lowest BCUT2D eigenvalue weighted by Gasteiger charge is -2.24. The van der Waals surface area contributed by atoms with Crippen LogP contribution in [0.3, 0.4) is 0 Å². The number of carbonyl (C=O) groups excluding carboxylic acids is 3. The number of urea groups is 1. The van der Waals surface area contributed by atoms with E-state index in [-0.39, 0.29) is 24.3 Å². The van der Waals surface area contributed by atoms with Gasteiger partial charge < -0.3 is 14.8 Å². The van der Waals surface area contributed by atoms with E-state index in [0.29, 0.717) is 13.2 Å². The van der Waals surface area contributed by atoms with Crippen molar-refractivity contribution in [2.75, 3.05) is 19.8 Å². The van der Waals surface area contributed by atoms with Crippen LogP contribution in [-0.4, -0.2) is 53.7 Å². The Labute approximate surface area is 134 Å². The fraction of sp³-hybridized carbons (Fsp3) is 0.812. The monoisotopic (exact) mass is 322 g/mol. The van der Waals surface area contributed by atoms with Gasteiger partial charge >= 0.3 is 12.0 Å². The summed E-state index contributed by atoms with van der Waals surface area (Å²) < 4.78 is 11.0. The van der Waals surface area contributed by atoms with Crippen LogP contribution in [0.5, 0.6) is 0 Å². The van der Waals surface area contributed by atoms with Gasteiger partial charge in [-0.3, -0.25) is 14.5 Å². The average molecular weight is 322 g/mol. The van der Waals surface area contributed by atoms with E-state index in [0.717, 1.165) is 37.0 Å². The minimum absolute atomic E-state index is 0.186. The molecule has 0 spiro atoms. The molecule has 0 aromatic carbocycles. The first-order valence-corrected chi connectivity index (χ1v) is 8.38. The molecule has 0 aromatic heterocycles. The number of esters is 1. The van der Waals surface area contributed by atoms with E-state index in [2.05, 4.69) is 5.32 Å². The molecule has 7 heteroatoms. The van der Waals surface area contributed by atoms with Crippen LogP contribution in [0.2, 0.25) is 0 Å². The van der Waals surface area contributed by atoms with E-state index in [1.54, 1.807) is 6.92 Å². The lowest BCUT2D eigenvalue weighted by molar-refractivity contribution is -0.157. The molecule has 0 radical (unpaired) electrons. The molecule has 1 N–H and O–H groups in total. The molecule has 7 nitrogen and oxygen atoms in total. The average Bonchev–Trinajstić information content (AvgIpc) is 3.42.